The van der Waals surface area contributed by atoms with Crippen LogP contribution in [0.2, 0.25) is 5.02 Å². The number of halogens is 1. The van der Waals surface area contributed by atoms with Crippen molar-refractivity contribution < 1.29 is 9.53 Å². The van der Waals surface area contributed by atoms with Gasteiger partial charge in [0.1, 0.15) is 11.9 Å². The molecule has 82 valence electrons. The molecule has 5 heteroatoms. The Kier molecular flexibility index (Phi) is 4.37. The number of carbonyl (C=O) groups is 1. The molecular formula is C10H13ClN2O2. The third-order valence-corrected chi connectivity index (χ3v) is 2.06. The minimum Gasteiger partial charge on any atom is -0.464 e. The summed E-state index contributed by atoms with van der Waals surface area (Å²) < 4.78 is 4.84. The fourth-order valence-corrected chi connectivity index (χ4v) is 1.20. The van der Waals surface area contributed by atoms with Gasteiger partial charge in [0.2, 0.25) is 0 Å². The van der Waals surface area contributed by atoms with Crippen LogP contribution in [0, 0.1) is 0 Å². The van der Waals surface area contributed by atoms with Crippen LogP contribution in [0.5, 0.6) is 0 Å². The molecule has 1 aromatic heterocycles. The Morgan fingerprint density at radius 3 is 3.07 bits per heavy atom. The summed E-state index contributed by atoms with van der Waals surface area (Å²) >= 11 is 5.87. The summed E-state index contributed by atoms with van der Waals surface area (Å²) in [4.78, 5) is 15.3. The van der Waals surface area contributed by atoms with Gasteiger partial charge in [-0.2, -0.15) is 0 Å². The molecule has 1 N–H and O–H groups in total. The van der Waals surface area contributed by atoms with E-state index in [0.717, 1.165) is 0 Å². The maximum absolute atomic E-state index is 11.3. The highest BCUT2D eigenvalue weighted by atomic mass is 35.5. The Bertz CT molecular complexity index is 344. The molecule has 0 aliphatic heterocycles. The van der Waals surface area contributed by atoms with Crippen LogP contribution in [-0.4, -0.2) is 23.6 Å². The monoisotopic (exact) mass is 228 g/mol. The molecular weight excluding hydrogens is 216 g/mol. The Balaban J connectivity index is 2.62. The van der Waals surface area contributed by atoms with Gasteiger partial charge < -0.3 is 10.1 Å². The molecule has 0 saturated heterocycles. The molecule has 1 aromatic rings. The lowest BCUT2D eigenvalue weighted by Crippen LogP contribution is -2.28. The average Bonchev–Trinajstić information content (AvgIpc) is 2.21. The van der Waals surface area contributed by atoms with Gasteiger partial charge in [-0.1, -0.05) is 11.6 Å². The second-order valence-corrected chi connectivity index (χ2v) is 3.36. The molecule has 1 unspecified atom stereocenters. The number of rotatable bonds is 4. The summed E-state index contributed by atoms with van der Waals surface area (Å²) in [6.07, 6.45) is 1.60. The molecule has 1 atom stereocenters. The van der Waals surface area contributed by atoms with Gasteiger partial charge in [0.15, 0.2) is 0 Å². The first-order chi connectivity index (χ1) is 7.15. The molecule has 1 heterocycles. The van der Waals surface area contributed by atoms with Crippen molar-refractivity contribution in [2.75, 3.05) is 11.9 Å². The van der Waals surface area contributed by atoms with Gasteiger partial charge in [-0.15, -0.1) is 0 Å². The zero-order valence-corrected chi connectivity index (χ0v) is 9.41. The number of aromatic nitrogens is 1. The van der Waals surface area contributed by atoms with Crippen molar-refractivity contribution in [1.82, 2.24) is 4.98 Å². The molecule has 0 saturated carbocycles. The van der Waals surface area contributed by atoms with Crippen molar-refractivity contribution in [2.45, 2.75) is 19.9 Å². The highest BCUT2D eigenvalue weighted by Crippen LogP contribution is 2.18. The quantitative estimate of drug-likeness (QED) is 0.802. The zero-order valence-electron chi connectivity index (χ0n) is 8.66. The first kappa shape index (κ1) is 11.8. The molecule has 1 rings (SSSR count). The SMILES string of the molecule is CCOC(=O)C(C)Nc1ncccc1Cl. The van der Waals surface area contributed by atoms with Crippen molar-refractivity contribution in [1.29, 1.82) is 0 Å². The number of ether oxygens (including phenoxy) is 1. The average molecular weight is 229 g/mol. The van der Waals surface area contributed by atoms with E-state index in [1.807, 2.05) is 0 Å². The summed E-state index contributed by atoms with van der Waals surface area (Å²) in [5.74, 6) is 0.166. The van der Waals surface area contributed by atoms with Crippen LogP contribution in [0.25, 0.3) is 0 Å². The first-order valence-electron chi connectivity index (χ1n) is 4.68. The second-order valence-electron chi connectivity index (χ2n) is 2.95. The van der Waals surface area contributed by atoms with Gasteiger partial charge in [0.25, 0.3) is 0 Å². The normalized spacial score (nSPS) is 11.9. The Morgan fingerprint density at radius 1 is 1.73 bits per heavy atom. The molecule has 0 spiro atoms. The van der Waals surface area contributed by atoms with E-state index in [-0.39, 0.29) is 5.97 Å². The number of hydrogen-bond acceptors (Lipinski definition) is 4. The number of pyridine rings is 1. The molecule has 0 aliphatic carbocycles. The summed E-state index contributed by atoms with van der Waals surface area (Å²) in [6.45, 7) is 3.82. The van der Waals surface area contributed by atoms with E-state index >= 15 is 0 Å². The highest BCUT2D eigenvalue weighted by Gasteiger charge is 2.14. The third kappa shape index (κ3) is 3.40. The fourth-order valence-electron chi connectivity index (χ4n) is 1.02. The van der Waals surface area contributed by atoms with Crippen LogP contribution in [0.1, 0.15) is 13.8 Å². The van der Waals surface area contributed by atoms with Crippen LogP contribution in [0.3, 0.4) is 0 Å². The summed E-state index contributed by atoms with van der Waals surface area (Å²) in [6, 6.07) is 2.97. The molecule has 4 nitrogen and oxygen atoms in total. The number of hydrogen-bond donors (Lipinski definition) is 1. The molecule has 0 radical (unpaired) electrons. The predicted octanol–water partition coefficient (Wildman–Crippen LogP) is 2.10. The van der Waals surface area contributed by atoms with Gasteiger partial charge in [-0.05, 0) is 26.0 Å². The minimum atomic E-state index is -0.461. The largest absolute Gasteiger partial charge is 0.464 e. The smallest absolute Gasteiger partial charge is 0.328 e. The van der Waals surface area contributed by atoms with Gasteiger partial charge in [0.05, 0.1) is 11.6 Å². The zero-order chi connectivity index (χ0) is 11.3. The lowest BCUT2D eigenvalue weighted by molar-refractivity contribution is -0.143. The topological polar surface area (TPSA) is 51.2 Å². The number of esters is 1. The lowest BCUT2D eigenvalue weighted by Gasteiger charge is -2.13. The van der Waals surface area contributed by atoms with Gasteiger partial charge in [-0.3, -0.25) is 0 Å². The Hall–Kier alpha value is -1.29. The van der Waals surface area contributed by atoms with Crippen molar-refractivity contribution in [3.05, 3.63) is 23.4 Å². The van der Waals surface area contributed by atoms with Crippen molar-refractivity contribution in [3.8, 4) is 0 Å². The fraction of sp³-hybridized carbons (Fsp3) is 0.400. The van der Waals surface area contributed by atoms with Crippen LogP contribution < -0.4 is 5.32 Å². The maximum atomic E-state index is 11.3. The van der Waals surface area contributed by atoms with Gasteiger partial charge in [0, 0.05) is 6.20 Å². The third-order valence-electron chi connectivity index (χ3n) is 1.75. The standard InChI is InChI=1S/C10H13ClN2O2/c1-3-15-10(14)7(2)13-9-8(11)5-4-6-12-9/h4-7H,3H2,1-2H3,(H,12,13). The molecule has 15 heavy (non-hydrogen) atoms. The number of nitrogens with one attached hydrogen (secondary N) is 1. The lowest BCUT2D eigenvalue weighted by atomic mass is 10.3. The molecule has 0 fully saturated rings. The maximum Gasteiger partial charge on any atom is 0.328 e. The van der Waals surface area contributed by atoms with E-state index in [9.17, 15) is 4.79 Å². The van der Waals surface area contributed by atoms with E-state index in [1.165, 1.54) is 0 Å². The van der Waals surface area contributed by atoms with Crippen molar-refractivity contribution in [2.24, 2.45) is 0 Å². The molecule has 0 amide bonds. The van der Waals surface area contributed by atoms with E-state index in [1.54, 1.807) is 32.2 Å². The molecule has 0 bridgehead atoms. The van der Waals surface area contributed by atoms with Gasteiger partial charge >= 0.3 is 5.97 Å². The molecule has 0 aromatic carbocycles. The van der Waals surface area contributed by atoms with Crippen molar-refractivity contribution >= 4 is 23.4 Å². The van der Waals surface area contributed by atoms with Crippen LogP contribution in [0.4, 0.5) is 5.82 Å². The van der Waals surface area contributed by atoms with E-state index in [0.29, 0.717) is 17.4 Å². The van der Waals surface area contributed by atoms with Gasteiger partial charge in [-0.25, -0.2) is 9.78 Å². The summed E-state index contributed by atoms with van der Waals surface area (Å²) in [5.41, 5.74) is 0. The van der Waals surface area contributed by atoms with Crippen LogP contribution in [0.15, 0.2) is 18.3 Å². The van der Waals surface area contributed by atoms with E-state index in [2.05, 4.69) is 10.3 Å². The predicted molar refractivity (Wildman–Crippen MR) is 59.0 cm³/mol. The minimum absolute atomic E-state index is 0.320. The molecule has 0 aliphatic rings. The summed E-state index contributed by atoms with van der Waals surface area (Å²) in [7, 11) is 0. The van der Waals surface area contributed by atoms with E-state index in [4.69, 9.17) is 16.3 Å². The number of anilines is 1. The number of nitrogens with zero attached hydrogens (tertiary/aromatic N) is 1. The Labute approximate surface area is 93.6 Å². The number of carbonyl (C=O) groups excluding carboxylic acids is 1. The van der Waals surface area contributed by atoms with Crippen molar-refractivity contribution in [3.63, 3.8) is 0 Å². The first-order valence-corrected chi connectivity index (χ1v) is 5.06. The van der Waals surface area contributed by atoms with Crippen LogP contribution >= 0.6 is 11.6 Å². The second kappa shape index (κ2) is 5.56. The Morgan fingerprint density at radius 2 is 2.47 bits per heavy atom. The highest BCUT2D eigenvalue weighted by molar-refractivity contribution is 6.32. The summed E-state index contributed by atoms with van der Waals surface area (Å²) in [5, 5.41) is 3.36. The van der Waals surface area contributed by atoms with E-state index < -0.39 is 6.04 Å². The van der Waals surface area contributed by atoms with Crippen LogP contribution in [-0.2, 0) is 9.53 Å².